The van der Waals surface area contributed by atoms with E-state index in [-0.39, 0.29) is 29.7 Å². The Balaban J connectivity index is 0.000000220. The topological polar surface area (TPSA) is 165 Å². The second-order valence-corrected chi connectivity index (χ2v) is 17.7. The fourth-order valence-corrected chi connectivity index (χ4v) is 10.4. The third-order valence-electron chi connectivity index (χ3n) is 11.1. The number of H-pyrrole nitrogens is 2. The van der Waals surface area contributed by atoms with Crippen molar-refractivity contribution in [2.75, 3.05) is 26.7 Å². The lowest BCUT2D eigenvalue weighted by molar-refractivity contribution is -0.138. The molecule has 2 fully saturated rings. The van der Waals surface area contributed by atoms with Gasteiger partial charge in [-0.15, -0.1) is 22.7 Å². The molecule has 0 aliphatic carbocycles. The molecule has 2 saturated heterocycles. The normalized spacial score (nSPS) is 16.2. The van der Waals surface area contributed by atoms with E-state index in [2.05, 4.69) is 78.9 Å². The van der Waals surface area contributed by atoms with Crippen LogP contribution in [0.25, 0.3) is 52.3 Å². The number of carbonyl (C=O) groups excluding carboxylic acids is 4. The lowest BCUT2D eigenvalue weighted by Gasteiger charge is -2.30. The summed E-state index contributed by atoms with van der Waals surface area (Å²) in [6.07, 6.45) is 4.93. The Morgan fingerprint density at radius 2 is 1.47 bits per heavy atom. The van der Waals surface area contributed by atoms with Gasteiger partial charge in [-0.2, -0.15) is 0 Å². The van der Waals surface area contributed by atoms with E-state index in [4.69, 9.17) is 4.98 Å². The van der Waals surface area contributed by atoms with Gasteiger partial charge >= 0.3 is 6.09 Å². The molecular formula is C45H48N8O5S2. The predicted molar refractivity (Wildman–Crippen MR) is 237 cm³/mol. The van der Waals surface area contributed by atoms with Crippen LogP contribution in [0.5, 0.6) is 0 Å². The van der Waals surface area contributed by atoms with Gasteiger partial charge < -0.3 is 35.1 Å². The minimum Gasteiger partial charge on any atom is -0.453 e. The molecule has 13 nitrogen and oxygen atoms in total. The highest BCUT2D eigenvalue weighted by atomic mass is 32.1. The van der Waals surface area contributed by atoms with Gasteiger partial charge in [0.05, 0.1) is 41.5 Å². The number of methoxy groups -OCH3 is 1. The van der Waals surface area contributed by atoms with Crippen molar-refractivity contribution in [2.45, 2.75) is 64.6 Å². The summed E-state index contributed by atoms with van der Waals surface area (Å²) in [6, 6.07) is 25.1. The molecule has 0 saturated carbocycles. The zero-order valence-corrected chi connectivity index (χ0v) is 35.6. The summed E-state index contributed by atoms with van der Waals surface area (Å²) in [5, 5.41) is 5.45. The molecule has 6 heterocycles. The Labute approximate surface area is 355 Å². The number of imidazole rings is 2. The highest BCUT2D eigenvalue weighted by Crippen LogP contribution is 2.43. The third kappa shape index (κ3) is 8.63. The minimum absolute atomic E-state index is 0.00222. The third-order valence-corrected chi connectivity index (χ3v) is 13.5. The van der Waals surface area contributed by atoms with Crippen LogP contribution in [0, 0.1) is 5.92 Å². The van der Waals surface area contributed by atoms with E-state index >= 15 is 0 Å². The number of likely N-dealkylation sites (tertiary alicyclic amines) is 2. The van der Waals surface area contributed by atoms with Crippen molar-refractivity contribution in [3.8, 4) is 20.9 Å². The predicted octanol–water partition coefficient (Wildman–Crippen LogP) is 8.58. The number of hydrogen-bond acceptors (Lipinski definition) is 9. The largest absolute Gasteiger partial charge is 0.453 e. The molecule has 4 aromatic heterocycles. The van der Waals surface area contributed by atoms with Crippen LogP contribution in [-0.4, -0.2) is 86.3 Å². The van der Waals surface area contributed by atoms with Crippen LogP contribution in [0.15, 0.2) is 85.2 Å². The van der Waals surface area contributed by atoms with E-state index in [1.54, 1.807) is 33.9 Å². The van der Waals surface area contributed by atoms with E-state index in [0.29, 0.717) is 6.54 Å². The van der Waals surface area contributed by atoms with Crippen LogP contribution >= 0.6 is 22.7 Å². The van der Waals surface area contributed by atoms with Crippen molar-refractivity contribution in [3.05, 3.63) is 96.6 Å². The van der Waals surface area contributed by atoms with Crippen LogP contribution in [0.2, 0.25) is 0 Å². The number of aromatic amines is 2. The Morgan fingerprint density at radius 1 is 0.800 bits per heavy atom. The van der Waals surface area contributed by atoms with E-state index in [0.717, 1.165) is 77.8 Å². The molecule has 3 unspecified atom stereocenters. The fourth-order valence-electron chi connectivity index (χ4n) is 8.01. The lowest BCUT2D eigenvalue weighted by atomic mass is 10.0. The molecule has 0 radical (unpaired) electrons. The van der Waals surface area contributed by atoms with Gasteiger partial charge in [0, 0.05) is 45.7 Å². The Kier molecular flexibility index (Phi) is 12.0. The van der Waals surface area contributed by atoms with Gasteiger partial charge in [0.2, 0.25) is 17.7 Å². The number of carbonyl (C=O) groups is 4. The van der Waals surface area contributed by atoms with E-state index in [1.807, 2.05) is 49.1 Å². The smallest absolute Gasteiger partial charge is 0.407 e. The molecule has 0 spiro atoms. The second-order valence-electron chi connectivity index (χ2n) is 15.6. The number of thiophene rings is 2. The molecule has 3 atom stereocenters. The van der Waals surface area contributed by atoms with Gasteiger partial charge in [0.1, 0.15) is 17.9 Å². The van der Waals surface area contributed by atoms with Crippen molar-refractivity contribution in [1.29, 1.82) is 0 Å². The lowest BCUT2D eigenvalue weighted by Crippen LogP contribution is -2.50. The monoisotopic (exact) mass is 844 g/mol. The first-order valence-electron chi connectivity index (χ1n) is 20.3. The summed E-state index contributed by atoms with van der Waals surface area (Å²) >= 11 is 3.60. The first-order chi connectivity index (χ1) is 29.1. The van der Waals surface area contributed by atoms with Crippen molar-refractivity contribution >= 4 is 78.0 Å². The standard InChI is InChI=1S/C31H30N6O2S2.C14H18N2O3/c1-16(2)29(34-17(3)38)31(39)37-10-4-5-24(37)30-35-21-9-7-19(12-23(21)36-30)26-14-28-27(41-26)13-25(40-28)18-6-8-20-22(11-18)33-15-32-20;1-19-14(18)15-12(11-7-3-2-4-8-11)13(17)16-9-5-6-10-16/h6-9,11-16,24,29H,4-5,10H2,1-3H3,(H,32,33)(H,34,38)(H,35,36);2-4,7-8,12H,5-6,9-10H2,1H3,(H,15,18). The maximum atomic E-state index is 13.4. The first-order valence-corrected chi connectivity index (χ1v) is 21.9. The molecule has 2 aliphatic heterocycles. The molecule has 2 aliphatic rings. The number of aromatic nitrogens is 4. The zero-order valence-electron chi connectivity index (χ0n) is 34.0. The van der Waals surface area contributed by atoms with Crippen LogP contribution in [0.1, 0.15) is 69.9 Å². The maximum absolute atomic E-state index is 13.4. The van der Waals surface area contributed by atoms with Crippen molar-refractivity contribution in [2.24, 2.45) is 5.92 Å². The average molecular weight is 845 g/mol. The summed E-state index contributed by atoms with van der Waals surface area (Å²) in [7, 11) is 1.29. The highest BCUT2D eigenvalue weighted by molar-refractivity contribution is 7.31. The number of rotatable bonds is 9. The summed E-state index contributed by atoms with van der Waals surface area (Å²) in [5.74, 6) is 0.501. The van der Waals surface area contributed by atoms with Crippen LogP contribution < -0.4 is 10.6 Å². The van der Waals surface area contributed by atoms with Gasteiger partial charge in [-0.1, -0.05) is 56.3 Å². The summed E-state index contributed by atoms with van der Waals surface area (Å²) in [4.78, 5) is 71.1. The van der Waals surface area contributed by atoms with E-state index in [9.17, 15) is 19.2 Å². The van der Waals surface area contributed by atoms with Crippen LogP contribution in [0.3, 0.4) is 0 Å². The van der Waals surface area contributed by atoms with E-state index < -0.39 is 18.2 Å². The second kappa shape index (κ2) is 17.7. The molecule has 9 rings (SSSR count). The molecule has 7 aromatic rings. The summed E-state index contributed by atoms with van der Waals surface area (Å²) in [6.45, 7) is 7.55. The molecule has 15 heteroatoms. The Bertz CT molecular complexity index is 2630. The van der Waals surface area contributed by atoms with E-state index in [1.165, 1.54) is 38.8 Å². The van der Waals surface area contributed by atoms with Gasteiger partial charge in [-0.3, -0.25) is 14.4 Å². The molecule has 4 N–H and O–H groups in total. The number of benzene rings is 3. The molecule has 0 bridgehead atoms. The average Bonchev–Trinajstić information content (AvgIpc) is 4.11. The van der Waals surface area contributed by atoms with Gasteiger partial charge in [-0.25, -0.2) is 14.8 Å². The highest BCUT2D eigenvalue weighted by Gasteiger charge is 2.37. The van der Waals surface area contributed by atoms with Gasteiger partial charge in [0.15, 0.2) is 0 Å². The maximum Gasteiger partial charge on any atom is 0.407 e. The Morgan fingerprint density at radius 3 is 2.12 bits per heavy atom. The summed E-state index contributed by atoms with van der Waals surface area (Å²) < 4.78 is 7.14. The molecule has 3 aromatic carbocycles. The number of fused-ring (bicyclic) bond motifs is 3. The minimum atomic E-state index is -0.674. The summed E-state index contributed by atoms with van der Waals surface area (Å²) in [5.41, 5.74) is 6.98. The number of hydrogen-bond donors (Lipinski definition) is 4. The Hall–Kier alpha value is -6.06. The van der Waals surface area contributed by atoms with Crippen LogP contribution in [-0.2, 0) is 19.1 Å². The number of alkyl carbamates (subject to hydrolysis) is 1. The quantitative estimate of drug-likeness (QED) is 0.113. The van der Waals surface area contributed by atoms with Crippen molar-refractivity contribution in [1.82, 2.24) is 40.4 Å². The first kappa shape index (κ1) is 40.7. The van der Waals surface area contributed by atoms with Gasteiger partial charge in [-0.05, 0) is 84.7 Å². The van der Waals surface area contributed by atoms with Crippen molar-refractivity contribution in [3.63, 3.8) is 0 Å². The molecule has 60 heavy (non-hydrogen) atoms. The molecule has 4 amide bonds. The molecular weight excluding hydrogens is 797 g/mol. The molecule has 310 valence electrons. The number of amides is 4. The number of nitrogens with zero attached hydrogens (tertiary/aromatic N) is 4. The fraction of sp³-hybridized carbons (Fsp3) is 0.333. The van der Waals surface area contributed by atoms with Crippen LogP contribution in [0.4, 0.5) is 4.79 Å². The zero-order chi connectivity index (χ0) is 41.9. The van der Waals surface area contributed by atoms with Gasteiger partial charge in [0.25, 0.3) is 0 Å². The number of ether oxygens (including phenoxy) is 1. The number of nitrogens with one attached hydrogen (secondary N) is 4. The van der Waals surface area contributed by atoms with Crippen molar-refractivity contribution < 1.29 is 23.9 Å². The SMILES string of the molecule is CC(=O)NC(C(=O)N1CCCC1c1nc2ccc(-c3cc4sc(-c5ccc6nc[nH]c6c5)cc4s3)cc2[nH]1)C(C)C.COC(=O)NC(C(=O)N1CCCC1)c1ccccc1.